The molecule has 0 bridgehead atoms. The quantitative estimate of drug-likeness (QED) is 0.289. The minimum atomic E-state index is -2.10. The molecule has 2 heterocycles. The van der Waals surface area contributed by atoms with Crippen molar-refractivity contribution >= 4 is 39.9 Å². The van der Waals surface area contributed by atoms with Gasteiger partial charge in [-0.2, -0.15) is 4.31 Å². The molecule has 1 aliphatic carbocycles. The van der Waals surface area contributed by atoms with E-state index in [9.17, 15) is 13.6 Å². The van der Waals surface area contributed by atoms with Crippen LogP contribution in [0.3, 0.4) is 0 Å². The summed E-state index contributed by atoms with van der Waals surface area (Å²) in [5, 5.41) is 3.94. The molecule has 1 unspecified atom stereocenters. The van der Waals surface area contributed by atoms with E-state index in [4.69, 9.17) is 21.0 Å². The normalized spacial score (nSPS) is 14.7. The zero-order valence-electron chi connectivity index (χ0n) is 18.8. The molecule has 9 heteroatoms. The second-order valence-electron chi connectivity index (χ2n) is 8.34. The summed E-state index contributed by atoms with van der Waals surface area (Å²) >= 11 is 3.94. The number of hydrogen-bond donors (Lipinski definition) is 2. The average Bonchev–Trinajstić information content (AvgIpc) is 3.58. The van der Waals surface area contributed by atoms with Crippen LogP contribution in [0, 0.1) is 0 Å². The molecule has 2 aromatic heterocycles. The van der Waals surface area contributed by atoms with E-state index in [2.05, 4.69) is 12.2 Å². The van der Waals surface area contributed by atoms with E-state index in [-0.39, 0.29) is 12.5 Å². The van der Waals surface area contributed by atoms with Gasteiger partial charge in [-0.1, -0.05) is 31.4 Å². The van der Waals surface area contributed by atoms with Gasteiger partial charge in [-0.05, 0) is 61.1 Å². The zero-order chi connectivity index (χ0) is 23.5. The molecule has 176 valence electrons. The van der Waals surface area contributed by atoms with Crippen molar-refractivity contribution < 1.29 is 18.0 Å². The van der Waals surface area contributed by atoms with Crippen molar-refractivity contribution in [1.82, 2.24) is 14.6 Å². The molecule has 33 heavy (non-hydrogen) atoms. The molecule has 1 atom stereocenters. The predicted octanol–water partition coefficient (Wildman–Crippen LogP) is 5.51. The van der Waals surface area contributed by atoms with Crippen molar-refractivity contribution in [2.75, 3.05) is 13.6 Å². The van der Waals surface area contributed by atoms with Crippen LogP contribution in [0.2, 0.25) is 5.02 Å². The van der Waals surface area contributed by atoms with Crippen molar-refractivity contribution in [3.05, 3.63) is 52.2 Å². The summed E-state index contributed by atoms with van der Waals surface area (Å²) in [4.78, 5) is 17.6. The number of amides is 1. The Balaban J connectivity index is 1.81. The van der Waals surface area contributed by atoms with Crippen LogP contribution in [-0.2, 0) is 17.8 Å². The number of benzene rings is 1. The SMILES string of the molecule is CCCCCN(Cc1nc2oc(-c3ccc(Cl)cc3)c(C(=O)NC)c2cc1C1CC1)S(=O)O. The van der Waals surface area contributed by atoms with Crippen LogP contribution in [0.4, 0.5) is 0 Å². The van der Waals surface area contributed by atoms with Gasteiger partial charge in [0.1, 0.15) is 5.76 Å². The second-order valence-corrected chi connectivity index (χ2v) is 9.76. The smallest absolute Gasteiger partial charge is 0.255 e. The summed E-state index contributed by atoms with van der Waals surface area (Å²) in [5.74, 6) is 0.513. The van der Waals surface area contributed by atoms with Crippen LogP contribution >= 0.6 is 11.6 Å². The van der Waals surface area contributed by atoms with Crippen LogP contribution in [0.15, 0.2) is 34.7 Å². The summed E-state index contributed by atoms with van der Waals surface area (Å²) < 4.78 is 29.5. The molecule has 2 N–H and O–H groups in total. The number of fused-ring (bicyclic) bond motifs is 1. The van der Waals surface area contributed by atoms with Gasteiger partial charge in [-0.25, -0.2) is 9.19 Å². The maximum absolute atomic E-state index is 12.8. The molecule has 1 fully saturated rings. The van der Waals surface area contributed by atoms with Crippen LogP contribution in [0.25, 0.3) is 22.4 Å². The number of carbonyl (C=O) groups is 1. The van der Waals surface area contributed by atoms with Gasteiger partial charge in [0.05, 0.1) is 23.2 Å². The minimum Gasteiger partial charge on any atom is -0.437 e. The number of aromatic nitrogens is 1. The largest absolute Gasteiger partial charge is 0.437 e. The summed E-state index contributed by atoms with van der Waals surface area (Å²) in [6.45, 7) is 2.86. The van der Waals surface area contributed by atoms with Gasteiger partial charge in [0.25, 0.3) is 5.91 Å². The number of carbonyl (C=O) groups excluding carboxylic acids is 1. The summed E-state index contributed by atoms with van der Waals surface area (Å²) in [5.41, 5.74) is 3.24. The van der Waals surface area contributed by atoms with Crippen molar-refractivity contribution in [2.45, 2.75) is 51.5 Å². The predicted molar refractivity (Wildman–Crippen MR) is 131 cm³/mol. The van der Waals surface area contributed by atoms with Crippen LogP contribution < -0.4 is 5.32 Å². The Hall–Kier alpha value is -2.26. The third-order valence-corrected chi connectivity index (χ3v) is 6.94. The maximum atomic E-state index is 12.8. The van der Waals surface area contributed by atoms with Crippen LogP contribution in [0.1, 0.15) is 66.6 Å². The minimum absolute atomic E-state index is 0.251. The number of hydrogen-bond acceptors (Lipinski definition) is 4. The molecular formula is C24H28ClN3O4S. The lowest BCUT2D eigenvalue weighted by Gasteiger charge is -2.18. The molecule has 1 aromatic carbocycles. The van der Waals surface area contributed by atoms with Gasteiger partial charge >= 0.3 is 0 Å². The molecule has 0 radical (unpaired) electrons. The van der Waals surface area contributed by atoms with Crippen molar-refractivity contribution in [1.29, 1.82) is 0 Å². The zero-order valence-corrected chi connectivity index (χ0v) is 20.3. The molecule has 1 aliphatic rings. The highest BCUT2D eigenvalue weighted by Gasteiger charge is 2.31. The molecule has 1 amide bonds. The Morgan fingerprint density at radius 3 is 2.64 bits per heavy atom. The average molecular weight is 490 g/mol. The first-order chi connectivity index (χ1) is 15.9. The van der Waals surface area contributed by atoms with Crippen LogP contribution in [-0.4, -0.2) is 37.6 Å². The monoisotopic (exact) mass is 489 g/mol. The van der Waals surface area contributed by atoms with E-state index >= 15 is 0 Å². The highest BCUT2D eigenvalue weighted by Crippen LogP contribution is 2.44. The topological polar surface area (TPSA) is 95.7 Å². The van der Waals surface area contributed by atoms with Gasteiger partial charge < -0.3 is 9.73 Å². The van der Waals surface area contributed by atoms with Gasteiger partial charge in [-0.3, -0.25) is 9.35 Å². The highest BCUT2D eigenvalue weighted by molar-refractivity contribution is 7.76. The lowest BCUT2D eigenvalue weighted by atomic mass is 10.0. The lowest BCUT2D eigenvalue weighted by molar-refractivity contribution is 0.0964. The molecule has 0 saturated heterocycles. The standard InChI is InChI=1S/C24H28ClN3O4S/c1-3-4-5-12-28(33(30)31)14-20-18(15-6-7-15)13-19-21(23(29)26-2)22(32-24(19)27-20)16-8-10-17(25)11-9-16/h8-11,13,15H,3-7,12,14H2,1-2H3,(H,26,29)(H,30,31). The van der Waals surface area contributed by atoms with Crippen LogP contribution in [0.5, 0.6) is 0 Å². The Kier molecular flexibility index (Phi) is 7.48. The Bertz CT molecular complexity index is 1170. The van der Waals surface area contributed by atoms with E-state index in [1.165, 1.54) is 4.31 Å². The molecular weight excluding hydrogens is 462 g/mol. The Morgan fingerprint density at radius 1 is 1.30 bits per heavy atom. The van der Waals surface area contributed by atoms with Crippen molar-refractivity contribution in [3.8, 4) is 11.3 Å². The first-order valence-corrected chi connectivity index (χ1v) is 12.7. The van der Waals surface area contributed by atoms with E-state index in [0.29, 0.717) is 39.9 Å². The molecule has 1 saturated carbocycles. The van der Waals surface area contributed by atoms with Gasteiger partial charge in [0.2, 0.25) is 17.0 Å². The first-order valence-electron chi connectivity index (χ1n) is 11.2. The molecule has 4 rings (SSSR count). The molecule has 0 spiro atoms. The van der Waals surface area contributed by atoms with E-state index in [1.54, 1.807) is 31.3 Å². The summed E-state index contributed by atoms with van der Waals surface area (Å²) in [6, 6.07) is 9.08. The molecule has 7 nitrogen and oxygen atoms in total. The third kappa shape index (κ3) is 5.30. The fraction of sp³-hybridized carbons (Fsp3) is 0.417. The number of nitrogens with zero attached hydrogens (tertiary/aromatic N) is 2. The Labute approximate surface area is 200 Å². The second kappa shape index (κ2) is 10.3. The van der Waals surface area contributed by atoms with E-state index in [1.807, 2.05) is 6.07 Å². The van der Waals surface area contributed by atoms with E-state index in [0.717, 1.165) is 48.9 Å². The summed E-state index contributed by atoms with van der Waals surface area (Å²) in [7, 11) is 1.58. The van der Waals surface area contributed by atoms with Gasteiger partial charge in [0.15, 0.2) is 0 Å². The third-order valence-electron chi connectivity index (χ3n) is 5.93. The fourth-order valence-electron chi connectivity index (χ4n) is 4.02. The number of furan rings is 1. The number of unbranched alkanes of at least 4 members (excludes halogenated alkanes) is 2. The van der Waals surface area contributed by atoms with Gasteiger partial charge in [0, 0.05) is 24.2 Å². The van der Waals surface area contributed by atoms with Gasteiger partial charge in [-0.15, -0.1) is 0 Å². The fourth-order valence-corrected chi connectivity index (χ4v) is 4.67. The van der Waals surface area contributed by atoms with E-state index < -0.39 is 11.3 Å². The van der Waals surface area contributed by atoms with Crippen molar-refractivity contribution in [2.24, 2.45) is 0 Å². The molecule has 3 aromatic rings. The first kappa shape index (κ1) is 23.9. The number of pyridine rings is 1. The number of rotatable bonds is 10. The molecule has 0 aliphatic heterocycles. The highest BCUT2D eigenvalue weighted by atomic mass is 35.5. The Morgan fingerprint density at radius 2 is 2.03 bits per heavy atom. The maximum Gasteiger partial charge on any atom is 0.255 e. The lowest BCUT2D eigenvalue weighted by Crippen LogP contribution is -2.27. The summed E-state index contributed by atoms with van der Waals surface area (Å²) in [6.07, 6.45) is 4.94. The number of nitrogens with one attached hydrogen (secondary N) is 1. The number of halogens is 1. The van der Waals surface area contributed by atoms with Crippen molar-refractivity contribution in [3.63, 3.8) is 0 Å².